The van der Waals surface area contributed by atoms with Crippen molar-refractivity contribution < 1.29 is 4.39 Å². The highest BCUT2D eigenvalue weighted by Gasteiger charge is 2.06. The van der Waals surface area contributed by atoms with Crippen molar-refractivity contribution in [3.05, 3.63) is 23.0 Å². The average molecular weight is 359 g/mol. The molecule has 0 aromatic carbocycles. The van der Waals surface area contributed by atoms with E-state index in [0.717, 1.165) is 42.1 Å². The van der Waals surface area contributed by atoms with Crippen molar-refractivity contribution in [3.63, 3.8) is 0 Å². The third-order valence-electron chi connectivity index (χ3n) is 2.62. The van der Waals surface area contributed by atoms with Gasteiger partial charge in [0.15, 0.2) is 0 Å². The zero-order chi connectivity index (χ0) is 12.4. The van der Waals surface area contributed by atoms with Gasteiger partial charge in [0.1, 0.15) is 0 Å². The summed E-state index contributed by atoms with van der Waals surface area (Å²) >= 11 is 8.35. The minimum absolute atomic E-state index is 0.622. The molecule has 0 saturated carbocycles. The molecule has 0 aliphatic rings. The van der Waals surface area contributed by atoms with E-state index in [1.54, 1.807) is 0 Å². The van der Waals surface area contributed by atoms with Gasteiger partial charge in [0, 0.05) is 10.3 Å². The summed E-state index contributed by atoms with van der Waals surface area (Å²) < 4.78 is 13.4. The van der Waals surface area contributed by atoms with E-state index in [1.807, 2.05) is 6.92 Å². The van der Waals surface area contributed by atoms with Crippen LogP contribution in [0.1, 0.15) is 46.0 Å². The van der Waals surface area contributed by atoms with Crippen molar-refractivity contribution in [3.8, 4) is 0 Å². The van der Waals surface area contributed by atoms with Gasteiger partial charge in [0.05, 0.1) is 6.33 Å². The summed E-state index contributed by atoms with van der Waals surface area (Å²) in [6.45, 7) is 4.01. The van der Waals surface area contributed by atoms with Gasteiger partial charge in [-0.2, -0.15) is 0 Å². The molecule has 0 aliphatic carbocycles. The molecule has 0 bridgehead atoms. The van der Waals surface area contributed by atoms with E-state index in [9.17, 15) is 4.39 Å². The van der Waals surface area contributed by atoms with Crippen LogP contribution in [0.25, 0.3) is 0 Å². The Morgan fingerprint density at radius 3 is 2.31 bits per heavy atom. The maximum atomic E-state index is 12.2. The smallest absolute Gasteiger partial charge is 0.0856 e. The van der Waals surface area contributed by atoms with Gasteiger partial charge in [-0.05, 0) is 38.2 Å². The molecule has 0 atom stereocenters. The summed E-state index contributed by atoms with van der Waals surface area (Å²) in [4.78, 5) is 0. The summed E-state index contributed by atoms with van der Waals surface area (Å²) in [6, 6.07) is 0. The first-order chi connectivity index (χ1) is 7.69. The van der Waals surface area contributed by atoms with E-state index in [1.165, 1.54) is 11.1 Å². The predicted octanol–water partition coefficient (Wildman–Crippen LogP) is 5.80. The van der Waals surface area contributed by atoms with Crippen molar-refractivity contribution in [2.45, 2.75) is 46.0 Å². The molecule has 0 aliphatic heterocycles. The maximum absolute atomic E-state index is 12.2. The van der Waals surface area contributed by atoms with Crippen molar-refractivity contribution in [2.24, 2.45) is 0 Å². The molecule has 16 heavy (non-hydrogen) atoms. The Labute approximate surface area is 117 Å². The Balaban J connectivity index is 4.54. The molecule has 0 spiro atoms. The quantitative estimate of drug-likeness (QED) is 0.292. The van der Waals surface area contributed by atoms with Gasteiger partial charge in [-0.15, -0.1) is 11.6 Å². The number of hydrogen-bond acceptors (Lipinski definition) is 0. The Morgan fingerprint density at radius 2 is 1.88 bits per heavy atom. The highest BCUT2D eigenvalue weighted by molar-refractivity contribution is 14.1. The largest absolute Gasteiger partial charge is 0.216 e. The van der Waals surface area contributed by atoms with Crippen molar-refractivity contribution in [2.75, 3.05) is 10.3 Å². The Hall–Kier alpha value is 0.430. The van der Waals surface area contributed by atoms with Crippen LogP contribution in [-0.4, -0.2) is 10.3 Å². The van der Waals surface area contributed by atoms with E-state index in [4.69, 9.17) is 11.6 Å². The molecule has 3 heteroatoms. The lowest BCUT2D eigenvalue weighted by Crippen LogP contribution is -1.96. The normalized spacial score (nSPS) is 13.9. The van der Waals surface area contributed by atoms with Gasteiger partial charge in [-0.3, -0.25) is 0 Å². The average Bonchev–Trinajstić information content (AvgIpc) is 2.31. The second-order valence-electron chi connectivity index (χ2n) is 3.99. The van der Waals surface area contributed by atoms with Crippen molar-refractivity contribution in [1.29, 1.82) is 0 Å². The van der Waals surface area contributed by atoms with E-state index in [0.29, 0.717) is 12.2 Å². The minimum Gasteiger partial charge on any atom is -0.216 e. The number of rotatable bonds is 8. The Kier molecular flexibility index (Phi) is 10.9. The highest BCUT2D eigenvalue weighted by atomic mass is 127. The monoisotopic (exact) mass is 358 g/mol. The maximum Gasteiger partial charge on any atom is 0.0856 e. The van der Waals surface area contributed by atoms with Gasteiger partial charge in [-0.1, -0.05) is 47.1 Å². The summed E-state index contributed by atoms with van der Waals surface area (Å²) in [7, 11) is 0. The van der Waals surface area contributed by atoms with Crippen LogP contribution in [0.5, 0.6) is 0 Å². The number of halogens is 3. The van der Waals surface area contributed by atoms with E-state index >= 15 is 0 Å². The van der Waals surface area contributed by atoms with E-state index in [2.05, 4.69) is 29.5 Å². The van der Waals surface area contributed by atoms with Crippen LogP contribution in [0.3, 0.4) is 0 Å². The van der Waals surface area contributed by atoms with E-state index < -0.39 is 0 Å². The molecule has 0 radical (unpaired) electrons. The number of hydrogen-bond donors (Lipinski definition) is 0. The first kappa shape index (κ1) is 16.4. The first-order valence-electron chi connectivity index (χ1n) is 5.77. The summed E-state index contributed by atoms with van der Waals surface area (Å²) in [6.07, 6.45) is 5.78. The molecule has 0 unspecified atom stereocenters. The van der Waals surface area contributed by atoms with Crippen LogP contribution in [0.4, 0.5) is 4.39 Å². The fourth-order valence-electron chi connectivity index (χ4n) is 1.64. The lowest BCUT2D eigenvalue weighted by molar-refractivity contribution is 0.693. The summed E-state index contributed by atoms with van der Waals surface area (Å²) in [5.41, 5.74) is 3.62. The topological polar surface area (TPSA) is 0 Å². The van der Waals surface area contributed by atoms with E-state index in [-0.39, 0.29) is 0 Å². The molecule has 0 fully saturated rings. The van der Waals surface area contributed by atoms with Gasteiger partial charge >= 0.3 is 0 Å². The van der Waals surface area contributed by atoms with Crippen LogP contribution in [-0.2, 0) is 0 Å². The van der Waals surface area contributed by atoms with Crippen LogP contribution in [0.15, 0.2) is 23.0 Å². The van der Waals surface area contributed by atoms with Crippen LogP contribution in [0, 0.1) is 0 Å². The lowest BCUT2D eigenvalue weighted by Gasteiger charge is -2.12. The number of alkyl halides is 2. The molecule has 0 N–H and O–H groups in total. The number of allylic oxidation sites excluding steroid dienone is 3. The second-order valence-corrected chi connectivity index (χ2v) is 5.33. The SMILES string of the molecule is CCC/C(CC/C(C)=C\F)=C(/CCl)CCI. The third kappa shape index (κ3) is 6.89. The van der Waals surface area contributed by atoms with Crippen LogP contribution >= 0.6 is 34.2 Å². The highest BCUT2D eigenvalue weighted by Crippen LogP contribution is 2.23. The molecule has 0 saturated heterocycles. The van der Waals surface area contributed by atoms with Gasteiger partial charge < -0.3 is 0 Å². The standard InChI is InChI=1S/C13H21ClFI/c1-3-4-12(6-5-11(2)10-15)13(9-14)7-8-16/h10H,3-9H2,1-2H3/b11-10-,13-12-. The molecule has 0 rings (SSSR count). The Bertz CT molecular complexity index is 246. The fraction of sp³-hybridized carbons (Fsp3) is 0.692. The molecular formula is C13H21ClFI. The van der Waals surface area contributed by atoms with Gasteiger partial charge in [0.2, 0.25) is 0 Å². The Morgan fingerprint density at radius 1 is 1.19 bits per heavy atom. The molecular weight excluding hydrogens is 337 g/mol. The molecule has 0 aromatic heterocycles. The summed E-state index contributed by atoms with van der Waals surface area (Å²) in [5, 5.41) is 0. The lowest BCUT2D eigenvalue weighted by atomic mass is 9.96. The third-order valence-corrected chi connectivity index (χ3v) is 3.48. The summed E-state index contributed by atoms with van der Waals surface area (Å²) in [5.74, 6) is 0.622. The van der Waals surface area contributed by atoms with Crippen LogP contribution in [0.2, 0.25) is 0 Å². The molecule has 94 valence electrons. The van der Waals surface area contributed by atoms with Crippen molar-refractivity contribution in [1.82, 2.24) is 0 Å². The molecule has 0 heterocycles. The molecule has 0 amide bonds. The zero-order valence-electron chi connectivity index (χ0n) is 10.2. The second kappa shape index (κ2) is 10.6. The minimum atomic E-state index is 0.622. The van der Waals surface area contributed by atoms with Crippen molar-refractivity contribution >= 4 is 34.2 Å². The van der Waals surface area contributed by atoms with Gasteiger partial charge in [-0.25, -0.2) is 4.39 Å². The zero-order valence-corrected chi connectivity index (χ0v) is 13.1. The van der Waals surface area contributed by atoms with Crippen LogP contribution < -0.4 is 0 Å². The van der Waals surface area contributed by atoms with Gasteiger partial charge in [0.25, 0.3) is 0 Å². The molecule has 0 nitrogen and oxygen atoms in total. The molecule has 0 aromatic rings. The fourth-order valence-corrected chi connectivity index (χ4v) is 2.61. The first-order valence-corrected chi connectivity index (χ1v) is 7.83. The predicted molar refractivity (Wildman–Crippen MR) is 80.3 cm³/mol.